The zero-order valence-electron chi connectivity index (χ0n) is 13.4. The minimum absolute atomic E-state index is 0.125. The molecule has 0 spiro atoms. The van der Waals surface area contributed by atoms with Crippen LogP contribution in [0.15, 0.2) is 52.4 Å². The number of amides is 1. The van der Waals surface area contributed by atoms with E-state index in [9.17, 15) is 14.4 Å². The van der Waals surface area contributed by atoms with Crippen LogP contribution >= 0.6 is 0 Å². The molecule has 1 amide bonds. The van der Waals surface area contributed by atoms with E-state index in [1.54, 1.807) is 31.3 Å². The van der Waals surface area contributed by atoms with E-state index in [1.807, 2.05) is 0 Å². The number of aryl methyl sites for hydroxylation is 1. The fraction of sp³-hybridized carbons (Fsp3) is 0.118. The maximum atomic E-state index is 12.3. The Morgan fingerprint density at radius 2 is 2.08 bits per heavy atom. The summed E-state index contributed by atoms with van der Waals surface area (Å²) in [5.41, 5.74) is 0.604. The van der Waals surface area contributed by atoms with Gasteiger partial charge in [0.15, 0.2) is 5.82 Å². The molecule has 126 valence electrons. The van der Waals surface area contributed by atoms with Crippen molar-refractivity contribution in [2.45, 2.75) is 13.3 Å². The maximum absolute atomic E-state index is 12.3. The molecule has 0 bridgehead atoms. The average Bonchev–Trinajstić information content (AvgIpc) is 2.61. The Morgan fingerprint density at radius 3 is 2.76 bits per heavy atom. The number of carbonyl (C=O) groups excluding carboxylic acids is 1. The first-order valence-electron chi connectivity index (χ1n) is 7.53. The first kappa shape index (κ1) is 16.3. The number of pyridine rings is 2. The van der Waals surface area contributed by atoms with Crippen LogP contribution in [0.2, 0.25) is 0 Å². The third kappa shape index (κ3) is 3.69. The molecule has 3 aromatic rings. The second-order valence-corrected chi connectivity index (χ2v) is 5.34. The van der Waals surface area contributed by atoms with Gasteiger partial charge < -0.3 is 15.3 Å². The summed E-state index contributed by atoms with van der Waals surface area (Å²) in [6.45, 7) is 1.65. The number of carbonyl (C=O) groups is 1. The van der Waals surface area contributed by atoms with Crippen LogP contribution in [-0.4, -0.2) is 25.8 Å². The number of rotatable bonds is 4. The summed E-state index contributed by atoms with van der Waals surface area (Å²) >= 11 is 0. The topological polar surface area (TPSA) is 121 Å². The Labute approximate surface area is 142 Å². The Hall–Kier alpha value is -3.55. The lowest BCUT2D eigenvalue weighted by molar-refractivity contribution is -0.115. The van der Waals surface area contributed by atoms with E-state index < -0.39 is 11.5 Å². The second-order valence-electron chi connectivity index (χ2n) is 5.34. The SMILES string of the molecule is Cc1nc(-c2ccccn2)[nH]c(=O)c1CC(=O)Nc1c[nH]ccc1=O. The molecule has 0 aliphatic heterocycles. The molecule has 3 heterocycles. The molecule has 0 radical (unpaired) electrons. The van der Waals surface area contributed by atoms with Gasteiger partial charge in [-0.2, -0.15) is 0 Å². The van der Waals surface area contributed by atoms with Gasteiger partial charge in [-0.1, -0.05) is 6.07 Å². The van der Waals surface area contributed by atoms with Crippen LogP contribution < -0.4 is 16.3 Å². The lowest BCUT2D eigenvalue weighted by Crippen LogP contribution is -2.25. The van der Waals surface area contributed by atoms with Gasteiger partial charge in [-0.15, -0.1) is 0 Å². The van der Waals surface area contributed by atoms with Crippen LogP contribution in [0.5, 0.6) is 0 Å². The van der Waals surface area contributed by atoms with Gasteiger partial charge in [0.1, 0.15) is 11.4 Å². The quantitative estimate of drug-likeness (QED) is 0.656. The van der Waals surface area contributed by atoms with E-state index in [2.05, 4.69) is 25.3 Å². The van der Waals surface area contributed by atoms with Crippen molar-refractivity contribution in [2.24, 2.45) is 0 Å². The van der Waals surface area contributed by atoms with Gasteiger partial charge in [0, 0.05) is 35.9 Å². The van der Waals surface area contributed by atoms with Gasteiger partial charge in [0.05, 0.1) is 6.42 Å². The molecule has 0 aromatic carbocycles. The molecule has 0 saturated carbocycles. The highest BCUT2D eigenvalue weighted by molar-refractivity contribution is 5.92. The predicted octanol–water partition coefficient (Wildman–Crippen LogP) is 1.01. The molecule has 0 aliphatic rings. The van der Waals surface area contributed by atoms with Crippen LogP contribution in [0.25, 0.3) is 11.5 Å². The predicted molar refractivity (Wildman–Crippen MR) is 92.2 cm³/mol. The van der Waals surface area contributed by atoms with Crippen molar-refractivity contribution in [3.8, 4) is 11.5 Å². The number of hydrogen-bond acceptors (Lipinski definition) is 5. The van der Waals surface area contributed by atoms with E-state index in [0.717, 1.165) is 0 Å². The van der Waals surface area contributed by atoms with Crippen LogP contribution in [0, 0.1) is 6.92 Å². The number of aromatic amines is 2. The Kier molecular flexibility index (Phi) is 4.51. The lowest BCUT2D eigenvalue weighted by atomic mass is 10.1. The molecule has 0 atom stereocenters. The summed E-state index contributed by atoms with van der Waals surface area (Å²) in [7, 11) is 0. The molecule has 0 saturated heterocycles. The van der Waals surface area contributed by atoms with E-state index in [0.29, 0.717) is 17.2 Å². The molecular formula is C17H15N5O3. The largest absolute Gasteiger partial charge is 0.366 e. The molecule has 3 rings (SSSR count). The molecule has 0 unspecified atom stereocenters. The molecule has 3 aromatic heterocycles. The molecular weight excluding hydrogens is 322 g/mol. The van der Waals surface area contributed by atoms with Crippen molar-refractivity contribution in [3.63, 3.8) is 0 Å². The van der Waals surface area contributed by atoms with E-state index in [-0.39, 0.29) is 23.1 Å². The highest BCUT2D eigenvalue weighted by Gasteiger charge is 2.14. The van der Waals surface area contributed by atoms with Gasteiger partial charge >= 0.3 is 0 Å². The maximum Gasteiger partial charge on any atom is 0.255 e. The van der Waals surface area contributed by atoms with Gasteiger partial charge in [-0.3, -0.25) is 19.4 Å². The van der Waals surface area contributed by atoms with E-state index in [1.165, 1.54) is 18.5 Å². The molecule has 25 heavy (non-hydrogen) atoms. The van der Waals surface area contributed by atoms with Gasteiger partial charge in [0.2, 0.25) is 11.3 Å². The molecule has 3 N–H and O–H groups in total. The third-order valence-electron chi connectivity index (χ3n) is 3.57. The number of anilines is 1. The normalized spacial score (nSPS) is 10.4. The number of nitrogens with one attached hydrogen (secondary N) is 3. The summed E-state index contributed by atoms with van der Waals surface area (Å²) in [5, 5.41) is 2.48. The monoisotopic (exact) mass is 337 g/mol. The first-order chi connectivity index (χ1) is 12.0. The fourth-order valence-corrected chi connectivity index (χ4v) is 2.31. The van der Waals surface area contributed by atoms with Crippen LogP contribution in [0.3, 0.4) is 0 Å². The van der Waals surface area contributed by atoms with Crippen molar-refractivity contribution in [1.82, 2.24) is 19.9 Å². The summed E-state index contributed by atoms with van der Waals surface area (Å²) < 4.78 is 0. The Balaban J connectivity index is 1.84. The van der Waals surface area contributed by atoms with Gasteiger partial charge in [-0.05, 0) is 19.1 Å². The molecule has 0 aliphatic carbocycles. The number of aromatic nitrogens is 4. The Morgan fingerprint density at radius 1 is 1.24 bits per heavy atom. The van der Waals surface area contributed by atoms with Crippen LogP contribution in [0.4, 0.5) is 5.69 Å². The van der Waals surface area contributed by atoms with Gasteiger partial charge in [-0.25, -0.2) is 4.98 Å². The number of hydrogen-bond donors (Lipinski definition) is 3. The minimum atomic E-state index is -0.474. The lowest BCUT2D eigenvalue weighted by Gasteiger charge is -2.07. The summed E-state index contributed by atoms with van der Waals surface area (Å²) in [6, 6.07) is 6.58. The summed E-state index contributed by atoms with van der Waals surface area (Å²) in [5.74, 6) is -0.135. The minimum Gasteiger partial charge on any atom is -0.366 e. The number of nitrogens with zero attached hydrogens (tertiary/aromatic N) is 2. The van der Waals surface area contributed by atoms with E-state index >= 15 is 0 Å². The van der Waals surface area contributed by atoms with Crippen LogP contribution in [0.1, 0.15) is 11.3 Å². The highest BCUT2D eigenvalue weighted by Crippen LogP contribution is 2.11. The van der Waals surface area contributed by atoms with Crippen molar-refractivity contribution in [1.29, 1.82) is 0 Å². The first-order valence-corrected chi connectivity index (χ1v) is 7.53. The molecule has 8 nitrogen and oxygen atoms in total. The second kappa shape index (κ2) is 6.91. The van der Waals surface area contributed by atoms with Crippen molar-refractivity contribution in [2.75, 3.05) is 5.32 Å². The smallest absolute Gasteiger partial charge is 0.255 e. The highest BCUT2D eigenvalue weighted by atomic mass is 16.2. The van der Waals surface area contributed by atoms with Gasteiger partial charge in [0.25, 0.3) is 5.56 Å². The fourth-order valence-electron chi connectivity index (χ4n) is 2.31. The van der Waals surface area contributed by atoms with Crippen LogP contribution in [-0.2, 0) is 11.2 Å². The zero-order chi connectivity index (χ0) is 17.8. The van der Waals surface area contributed by atoms with Crippen molar-refractivity contribution in [3.05, 3.63) is 74.7 Å². The third-order valence-corrected chi connectivity index (χ3v) is 3.57. The molecule has 8 heteroatoms. The zero-order valence-corrected chi connectivity index (χ0v) is 13.4. The standard InChI is InChI=1S/C17H15N5O3/c1-10-11(8-15(24)21-13-9-18-7-5-14(13)23)17(25)22-16(20-10)12-4-2-3-6-19-12/h2-7,9H,8H2,1H3,(H,18,23)(H,21,24)(H,20,22,25). The number of H-pyrrole nitrogens is 2. The van der Waals surface area contributed by atoms with Crippen molar-refractivity contribution < 1.29 is 4.79 Å². The summed E-state index contributed by atoms with van der Waals surface area (Å²) in [6.07, 6.45) is 4.27. The summed E-state index contributed by atoms with van der Waals surface area (Å²) in [4.78, 5) is 49.9. The Bertz CT molecular complexity index is 1020. The average molecular weight is 337 g/mol. The van der Waals surface area contributed by atoms with E-state index in [4.69, 9.17) is 0 Å². The molecule has 0 fully saturated rings. The van der Waals surface area contributed by atoms with Crippen molar-refractivity contribution >= 4 is 11.6 Å².